The van der Waals surface area contributed by atoms with E-state index in [1.807, 2.05) is 43.3 Å². The summed E-state index contributed by atoms with van der Waals surface area (Å²) in [5.41, 5.74) is 9.44. The molecule has 106 valence electrons. The molecule has 0 fully saturated rings. The number of nitrogens with zero attached hydrogens (tertiary/aromatic N) is 1. The van der Waals surface area contributed by atoms with E-state index < -0.39 is 0 Å². The van der Waals surface area contributed by atoms with E-state index in [0.29, 0.717) is 21.6 Å². The molecule has 0 spiro atoms. The topological polar surface area (TPSA) is 52.0 Å². The molecule has 1 heterocycles. The van der Waals surface area contributed by atoms with Crippen LogP contribution in [0.15, 0.2) is 47.0 Å². The Hall–Kier alpha value is -1.97. The van der Waals surface area contributed by atoms with Gasteiger partial charge in [-0.1, -0.05) is 46.6 Å². The van der Waals surface area contributed by atoms with E-state index in [1.165, 1.54) is 0 Å². The van der Waals surface area contributed by atoms with Crippen molar-refractivity contribution in [2.45, 2.75) is 6.92 Å². The van der Waals surface area contributed by atoms with Gasteiger partial charge in [-0.2, -0.15) is 0 Å². The third kappa shape index (κ3) is 2.62. The Kier molecular flexibility index (Phi) is 3.62. The molecule has 0 bridgehead atoms. The minimum atomic E-state index is 0.326. The molecule has 3 aromatic rings. The highest BCUT2D eigenvalue weighted by Gasteiger charge is 2.19. The van der Waals surface area contributed by atoms with Crippen molar-refractivity contribution in [3.8, 4) is 22.5 Å². The number of halogens is 2. The average molecular weight is 319 g/mol. The minimum Gasteiger partial charge on any atom is -0.380 e. The Bertz CT molecular complexity index is 812. The van der Waals surface area contributed by atoms with E-state index in [0.717, 1.165) is 22.3 Å². The SMILES string of the molecule is Cc1ccc(Cl)cc1-c1onc(N)c1-c1cccc(Cl)c1. The van der Waals surface area contributed by atoms with Crippen molar-refractivity contribution in [3.63, 3.8) is 0 Å². The van der Waals surface area contributed by atoms with Crippen molar-refractivity contribution in [1.29, 1.82) is 0 Å². The predicted octanol–water partition coefficient (Wildman–Crippen LogP) is 5.21. The van der Waals surface area contributed by atoms with Crippen molar-refractivity contribution in [2.75, 3.05) is 5.73 Å². The molecular weight excluding hydrogens is 307 g/mol. The molecule has 0 saturated heterocycles. The number of aromatic nitrogens is 1. The van der Waals surface area contributed by atoms with Gasteiger partial charge in [-0.05, 0) is 42.3 Å². The molecule has 2 N–H and O–H groups in total. The number of aryl methyl sites for hydroxylation is 1. The first-order valence-corrected chi connectivity index (χ1v) is 7.09. The average Bonchev–Trinajstić information content (AvgIpc) is 2.83. The summed E-state index contributed by atoms with van der Waals surface area (Å²) in [6, 6.07) is 13.0. The van der Waals surface area contributed by atoms with E-state index in [1.54, 1.807) is 6.07 Å². The first-order valence-electron chi connectivity index (χ1n) is 6.34. The summed E-state index contributed by atoms with van der Waals surface area (Å²) in [6.45, 7) is 1.98. The second kappa shape index (κ2) is 5.43. The van der Waals surface area contributed by atoms with Gasteiger partial charge in [0.25, 0.3) is 0 Å². The first kappa shape index (κ1) is 14.0. The van der Waals surface area contributed by atoms with Crippen LogP contribution in [0.4, 0.5) is 5.82 Å². The number of nitrogen functional groups attached to an aromatic ring is 1. The minimum absolute atomic E-state index is 0.326. The predicted molar refractivity (Wildman–Crippen MR) is 86.5 cm³/mol. The van der Waals surface area contributed by atoms with Crippen molar-refractivity contribution in [2.24, 2.45) is 0 Å². The van der Waals surface area contributed by atoms with Crippen molar-refractivity contribution < 1.29 is 4.52 Å². The second-order valence-corrected chi connectivity index (χ2v) is 5.61. The molecule has 5 heteroatoms. The molecule has 21 heavy (non-hydrogen) atoms. The summed E-state index contributed by atoms with van der Waals surface area (Å²) in [5.74, 6) is 0.918. The monoisotopic (exact) mass is 318 g/mol. The number of nitrogens with two attached hydrogens (primary N) is 1. The standard InChI is InChI=1S/C16H12Cl2N2O/c1-9-5-6-12(18)8-13(9)15-14(16(19)20-21-15)10-3-2-4-11(17)7-10/h2-8H,1H3,(H2,19,20). The lowest BCUT2D eigenvalue weighted by atomic mass is 9.99. The summed E-state index contributed by atoms with van der Waals surface area (Å²) >= 11 is 12.1. The fraction of sp³-hybridized carbons (Fsp3) is 0.0625. The summed E-state index contributed by atoms with van der Waals surface area (Å²) in [5, 5.41) is 5.14. The van der Waals surface area contributed by atoms with Crippen LogP contribution in [0, 0.1) is 6.92 Å². The second-order valence-electron chi connectivity index (χ2n) is 4.74. The number of rotatable bonds is 2. The maximum atomic E-state index is 6.08. The Morgan fingerprint density at radius 1 is 1.05 bits per heavy atom. The van der Waals surface area contributed by atoms with Crippen molar-refractivity contribution in [3.05, 3.63) is 58.1 Å². The Labute approximate surface area is 132 Å². The lowest BCUT2D eigenvalue weighted by Gasteiger charge is -2.06. The van der Waals surface area contributed by atoms with Crippen LogP contribution in [0.5, 0.6) is 0 Å². The van der Waals surface area contributed by atoms with Crippen LogP contribution < -0.4 is 5.73 Å². The third-order valence-electron chi connectivity index (χ3n) is 3.28. The quantitative estimate of drug-likeness (QED) is 0.706. The number of hydrogen-bond acceptors (Lipinski definition) is 3. The largest absolute Gasteiger partial charge is 0.380 e. The summed E-state index contributed by atoms with van der Waals surface area (Å²) in [7, 11) is 0. The lowest BCUT2D eigenvalue weighted by Crippen LogP contribution is -1.90. The van der Waals surface area contributed by atoms with Gasteiger partial charge in [0, 0.05) is 15.6 Å². The molecule has 0 aliphatic carbocycles. The Balaban J connectivity index is 2.24. The number of hydrogen-bond donors (Lipinski definition) is 1. The van der Waals surface area contributed by atoms with E-state index in [2.05, 4.69) is 5.16 Å². The molecule has 0 aliphatic rings. The number of benzene rings is 2. The fourth-order valence-corrected chi connectivity index (χ4v) is 2.61. The van der Waals surface area contributed by atoms with E-state index >= 15 is 0 Å². The lowest BCUT2D eigenvalue weighted by molar-refractivity contribution is 0.436. The highest BCUT2D eigenvalue weighted by Crippen LogP contribution is 2.39. The summed E-state index contributed by atoms with van der Waals surface area (Å²) < 4.78 is 5.43. The first-order chi connectivity index (χ1) is 10.1. The molecule has 0 amide bonds. The molecule has 0 atom stereocenters. The molecule has 3 rings (SSSR count). The zero-order valence-corrected chi connectivity index (χ0v) is 12.7. The molecule has 0 saturated carbocycles. The zero-order valence-electron chi connectivity index (χ0n) is 11.2. The molecule has 0 unspecified atom stereocenters. The molecule has 0 aliphatic heterocycles. The van der Waals surface area contributed by atoms with Crippen molar-refractivity contribution in [1.82, 2.24) is 5.16 Å². The maximum absolute atomic E-state index is 6.08. The normalized spacial score (nSPS) is 10.8. The van der Waals surface area contributed by atoms with Crippen LogP contribution >= 0.6 is 23.2 Å². The van der Waals surface area contributed by atoms with Gasteiger partial charge in [0.2, 0.25) is 0 Å². The van der Waals surface area contributed by atoms with Gasteiger partial charge in [0.1, 0.15) is 0 Å². The number of anilines is 1. The highest BCUT2D eigenvalue weighted by atomic mass is 35.5. The van der Waals surface area contributed by atoms with E-state index in [-0.39, 0.29) is 0 Å². The van der Waals surface area contributed by atoms with E-state index in [4.69, 9.17) is 33.5 Å². The van der Waals surface area contributed by atoms with E-state index in [9.17, 15) is 0 Å². The van der Waals surface area contributed by atoms with Crippen LogP contribution in [-0.2, 0) is 0 Å². The van der Waals surface area contributed by atoms with Crippen LogP contribution in [0.25, 0.3) is 22.5 Å². The molecule has 0 radical (unpaired) electrons. The molecular formula is C16H12Cl2N2O. The van der Waals surface area contributed by atoms with Crippen LogP contribution in [0.1, 0.15) is 5.56 Å². The Morgan fingerprint density at radius 2 is 1.81 bits per heavy atom. The van der Waals surface area contributed by atoms with Gasteiger partial charge in [-0.25, -0.2) is 0 Å². The van der Waals surface area contributed by atoms with Crippen LogP contribution in [0.2, 0.25) is 10.0 Å². The third-order valence-corrected chi connectivity index (χ3v) is 3.75. The van der Waals surface area contributed by atoms with Crippen LogP contribution in [-0.4, -0.2) is 5.16 Å². The zero-order chi connectivity index (χ0) is 15.0. The fourth-order valence-electron chi connectivity index (χ4n) is 2.25. The van der Waals surface area contributed by atoms with Gasteiger partial charge >= 0.3 is 0 Å². The van der Waals surface area contributed by atoms with Gasteiger partial charge in [0.05, 0.1) is 5.56 Å². The highest BCUT2D eigenvalue weighted by molar-refractivity contribution is 6.31. The summed E-state index contributed by atoms with van der Waals surface area (Å²) in [6.07, 6.45) is 0. The van der Waals surface area contributed by atoms with Gasteiger partial charge in [-0.3, -0.25) is 0 Å². The molecule has 2 aromatic carbocycles. The Morgan fingerprint density at radius 3 is 2.57 bits per heavy atom. The maximum Gasteiger partial charge on any atom is 0.177 e. The van der Waals surface area contributed by atoms with Crippen molar-refractivity contribution >= 4 is 29.0 Å². The summed E-state index contributed by atoms with van der Waals surface area (Å²) in [4.78, 5) is 0. The van der Waals surface area contributed by atoms with Gasteiger partial charge in [0.15, 0.2) is 11.6 Å². The molecule has 1 aromatic heterocycles. The van der Waals surface area contributed by atoms with Gasteiger partial charge < -0.3 is 10.3 Å². The molecule has 3 nitrogen and oxygen atoms in total. The smallest absolute Gasteiger partial charge is 0.177 e. The van der Waals surface area contributed by atoms with Gasteiger partial charge in [-0.15, -0.1) is 0 Å². The van der Waals surface area contributed by atoms with Crippen LogP contribution in [0.3, 0.4) is 0 Å².